The predicted octanol–water partition coefficient (Wildman–Crippen LogP) is 4.53. The molecule has 3 rings (SSSR count). The molecular weight excluding hydrogens is 394 g/mol. The van der Waals surface area contributed by atoms with Crippen molar-refractivity contribution in [1.29, 1.82) is 0 Å². The van der Waals surface area contributed by atoms with Crippen LogP contribution in [0.3, 0.4) is 0 Å². The van der Waals surface area contributed by atoms with Crippen LogP contribution in [0.25, 0.3) is 10.9 Å². The molecule has 0 saturated carbocycles. The molecule has 0 unspecified atom stereocenters. The molecule has 3 aromatic rings. The fraction of sp³-hybridized carbons (Fsp3) is 0.227. The van der Waals surface area contributed by atoms with Crippen molar-refractivity contribution in [3.8, 4) is 5.75 Å². The summed E-state index contributed by atoms with van der Waals surface area (Å²) in [6.45, 7) is 1.80. The van der Waals surface area contributed by atoms with Crippen LogP contribution in [0.1, 0.15) is 46.0 Å². The molecule has 6 nitrogen and oxygen atoms in total. The van der Waals surface area contributed by atoms with Crippen LogP contribution in [0, 0.1) is 0 Å². The van der Waals surface area contributed by atoms with Crippen LogP contribution in [-0.2, 0) is 11.3 Å². The van der Waals surface area contributed by atoms with E-state index in [4.69, 9.17) is 21.1 Å². The van der Waals surface area contributed by atoms with Gasteiger partial charge in [0.25, 0.3) is 5.56 Å². The molecule has 2 aromatic carbocycles. The number of nitrogens with one attached hydrogen (secondary N) is 1. The fourth-order valence-corrected chi connectivity index (χ4v) is 3.36. The second-order valence-electron chi connectivity index (χ2n) is 6.46. The molecule has 1 heterocycles. The molecule has 0 atom stereocenters. The third kappa shape index (κ3) is 4.32. The molecular formula is C22H20ClNO5. The van der Waals surface area contributed by atoms with Crippen molar-refractivity contribution in [2.45, 2.75) is 26.4 Å². The normalized spacial score (nSPS) is 10.7. The van der Waals surface area contributed by atoms with E-state index < -0.39 is 11.5 Å². The Labute approximate surface area is 172 Å². The Morgan fingerprint density at radius 3 is 2.48 bits per heavy atom. The predicted molar refractivity (Wildman–Crippen MR) is 111 cm³/mol. The molecule has 29 heavy (non-hydrogen) atoms. The Kier molecular flexibility index (Phi) is 6.34. The number of benzene rings is 2. The highest BCUT2D eigenvalue weighted by atomic mass is 35.5. The van der Waals surface area contributed by atoms with Crippen LogP contribution in [0.2, 0.25) is 5.02 Å². The molecule has 0 amide bonds. The van der Waals surface area contributed by atoms with Gasteiger partial charge in [0.05, 0.1) is 23.2 Å². The Bertz CT molecular complexity index is 1120. The molecule has 0 aliphatic carbocycles. The zero-order valence-electron chi connectivity index (χ0n) is 16.1. The zero-order chi connectivity index (χ0) is 21.0. The summed E-state index contributed by atoms with van der Waals surface area (Å²) in [5.74, 6) is -0.166. The average molecular weight is 414 g/mol. The van der Waals surface area contributed by atoms with Crippen molar-refractivity contribution in [1.82, 2.24) is 4.98 Å². The maximum Gasteiger partial charge on any atom is 0.338 e. The number of hydrogen-bond donors (Lipinski definition) is 1. The SMILES string of the molecule is CCCC(=O)c1c(Cl)c2cccc(COC(=O)c3ccc(OC)cc3)c2[nH]c1=O. The number of halogens is 1. The summed E-state index contributed by atoms with van der Waals surface area (Å²) in [6.07, 6.45) is 0.863. The Morgan fingerprint density at radius 2 is 1.83 bits per heavy atom. The summed E-state index contributed by atoms with van der Waals surface area (Å²) in [5.41, 5.74) is 0.823. The molecule has 0 fully saturated rings. The number of rotatable bonds is 7. The van der Waals surface area contributed by atoms with E-state index in [-0.39, 0.29) is 29.4 Å². The van der Waals surface area contributed by atoms with E-state index in [1.54, 1.807) is 49.6 Å². The Balaban J connectivity index is 1.89. The second-order valence-corrected chi connectivity index (χ2v) is 6.84. The van der Waals surface area contributed by atoms with Crippen LogP contribution >= 0.6 is 11.6 Å². The number of fused-ring (bicyclic) bond motifs is 1. The van der Waals surface area contributed by atoms with Crippen LogP contribution in [0.15, 0.2) is 47.3 Å². The fourth-order valence-electron chi connectivity index (χ4n) is 3.02. The van der Waals surface area contributed by atoms with Gasteiger partial charge in [-0.1, -0.05) is 36.7 Å². The number of pyridine rings is 1. The summed E-state index contributed by atoms with van der Waals surface area (Å²) < 4.78 is 10.4. The zero-order valence-corrected chi connectivity index (χ0v) is 16.8. The highest BCUT2D eigenvalue weighted by Gasteiger charge is 2.19. The van der Waals surface area contributed by atoms with Crippen molar-refractivity contribution in [2.24, 2.45) is 0 Å². The van der Waals surface area contributed by atoms with E-state index in [2.05, 4.69) is 4.98 Å². The number of aromatic amines is 1. The number of ketones is 1. The maximum atomic E-state index is 12.5. The smallest absolute Gasteiger partial charge is 0.338 e. The Morgan fingerprint density at radius 1 is 1.10 bits per heavy atom. The number of ether oxygens (including phenoxy) is 2. The Hall–Kier alpha value is -3.12. The lowest BCUT2D eigenvalue weighted by atomic mass is 10.0. The van der Waals surface area contributed by atoms with Gasteiger partial charge in [-0.2, -0.15) is 0 Å². The molecule has 0 radical (unpaired) electrons. The number of para-hydroxylation sites is 1. The lowest BCUT2D eigenvalue weighted by molar-refractivity contribution is 0.0474. The molecule has 150 valence electrons. The topological polar surface area (TPSA) is 85.5 Å². The molecule has 1 N–H and O–H groups in total. The van der Waals surface area contributed by atoms with Crippen molar-refractivity contribution < 1.29 is 19.1 Å². The van der Waals surface area contributed by atoms with Gasteiger partial charge in [-0.25, -0.2) is 4.79 Å². The largest absolute Gasteiger partial charge is 0.497 e. The molecule has 0 aliphatic heterocycles. The van der Waals surface area contributed by atoms with E-state index in [9.17, 15) is 14.4 Å². The minimum atomic E-state index is -0.546. The number of H-pyrrole nitrogens is 1. The number of methoxy groups -OCH3 is 1. The van der Waals surface area contributed by atoms with Crippen molar-refractivity contribution in [2.75, 3.05) is 7.11 Å². The highest BCUT2D eigenvalue weighted by Crippen LogP contribution is 2.27. The van der Waals surface area contributed by atoms with Crippen molar-refractivity contribution in [3.05, 3.63) is 74.5 Å². The van der Waals surface area contributed by atoms with Gasteiger partial charge in [0.1, 0.15) is 17.9 Å². The lowest BCUT2D eigenvalue weighted by Crippen LogP contribution is -2.19. The number of Topliss-reactive ketones (excluding diaryl/α,β-unsaturated/α-hetero) is 1. The van der Waals surface area contributed by atoms with E-state index in [1.807, 2.05) is 6.92 Å². The summed E-state index contributed by atoms with van der Waals surface area (Å²) in [4.78, 5) is 39.7. The molecule has 0 spiro atoms. The quantitative estimate of drug-likeness (QED) is 0.454. The number of carbonyl (C=O) groups excluding carboxylic acids is 2. The monoisotopic (exact) mass is 413 g/mol. The summed E-state index contributed by atoms with van der Waals surface area (Å²) >= 11 is 6.38. The first-order chi connectivity index (χ1) is 14.0. The molecule has 0 aliphatic rings. The van der Waals surface area contributed by atoms with Crippen LogP contribution in [0.5, 0.6) is 5.75 Å². The van der Waals surface area contributed by atoms with E-state index in [0.717, 1.165) is 0 Å². The first kappa shape index (κ1) is 20.6. The van der Waals surface area contributed by atoms with Crippen LogP contribution in [-0.4, -0.2) is 23.8 Å². The third-order valence-corrected chi connectivity index (χ3v) is 4.91. The highest BCUT2D eigenvalue weighted by molar-refractivity contribution is 6.38. The van der Waals surface area contributed by atoms with Gasteiger partial charge in [0, 0.05) is 17.4 Å². The number of esters is 1. The van der Waals surface area contributed by atoms with Gasteiger partial charge in [0.2, 0.25) is 0 Å². The van der Waals surface area contributed by atoms with E-state index in [0.29, 0.717) is 34.2 Å². The van der Waals surface area contributed by atoms with Gasteiger partial charge in [0.15, 0.2) is 5.78 Å². The molecule has 7 heteroatoms. The van der Waals surface area contributed by atoms with Crippen molar-refractivity contribution >= 4 is 34.3 Å². The maximum absolute atomic E-state index is 12.5. The van der Waals surface area contributed by atoms with Gasteiger partial charge in [-0.15, -0.1) is 0 Å². The second kappa shape index (κ2) is 8.92. The van der Waals surface area contributed by atoms with Gasteiger partial charge >= 0.3 is 5.97 Å². The molecule has 0 saturated heterocycles. The van der Waals surface area contributed by atoms with Gasteiger partial charge < -0.3 is 14.5 Å². The molecule has 0 bridgehead atoms. The minimum absolute atomic E-state index is 0.0339. The van der Waals surface area contributed by atoms with Gasteiger partial charge in [-0.3, -0.25) is 9.59 Å². The first-order valence-electron chi connectivity index (χ1n) is 9.14. The minimum Gasteiger partial charge on any atom is -0.497 e. The third-order valence-electron chi connectivity index (χ3n) is 4.51. The van der Waals surface area contributed by atoms with E-state index in [1.165, 1.54) is 0 Å². The summed E-state index contributed by atoms with van der Waals surface area (Å²) in [7, 11) is 1.54. The number of aromatic nitrogens is 1. The first-order valence-corrected chi connectivity index (χ1v) is 9.51. The summed E-state index contributed by atoms with van der Waals surface area (Å²) in [6, 6.07) is 11.7. The van der Waals surface area contributed by atoms with E-state index >= 15 is 0 Å². The van der Waals surface area contributed by atoms with Crippen LogP contribution < -0.4 is 10.3 Å². The summed E-state index contributed by atoms with van der Waals surface area (Å²) in [5, 5.41) is 0.647. The van der Waals surface area contributed by atoms with Crippen LogP contribution in [0.4, 0.5) is 0 Å². The van der Waals surface area contributed by atoms with Gasteiger partial charge in [-0.05, 0) is 30.7 Å². The van der Waals surface area contributed by atoms with Crippen molar-refractivity contribution in [3.63, 3.8) is 0 Å². The number of carbonyl (C=O) groups is 2. The average Bonchev–Trinajstić information content (AvgIpc) is 2.72. The lowest BCUT2D eigenvalue weighted by Gasteiger charge is -2.11. The standard InChI is InChI=1S/C22H20ClNO5/c1-3-5-17(25)18-19(23)16-7-4-6-14(20(16)24-21(18)26)12-29-22(27)13-8-10-15(28-2)11-9-13/h4,6-11H,3,5,12H2,1-2H3,(H,24,26). The number of hydrogen-bond acceptors (Lipinski definition) is 5. The molecule has 1 aromatic heterocycles.